The van der Waals surface area contributed by atoms with Gasteiger partial charge in [-0.15, -0.1) is 0 Å². The number of rotatable bonds is 2. The smallest absolute Gasteiger partial charge is 0.306 e. The number of urea groups is 1. The SMILES string of the molecule is O=C(Nc1cc(Cl)ccc1Cl)Nc1ccncc1Br. The molecule has 0 unspecified atom stereocenters. The monoisotopic (exact) mass is 359 g/mol. The maximum absolute atomic E-state index is 11.8. The minimum atomic E-state index is -0.420. The predicted octanol–water partition coefficient (Wildman–Crippen LogP) is 4.79. The topological polar surface area (TPSA) is 54.0 Å². The van der Waals surface area contributed by atoms with Crippen molar-refractivity contribution in [3.8, 4) is 0 Å². The molecule has 0 radical (unpaired) electrons. The summed E-state index contributed by atoms with van der Waals surface area (Å²) >= 11 is 15.1. The number of carbonyl (C=O) groups excluding carboxylic acids is 1. The second-order valence-electron chi connectivity index (χ2n) is 3.56. The highest BCUT2D eigenvalue weighted by Crippen LogP contribution is 2.26. The van der Waals surface area contributed by atoms with Crippen molar-refractivity contribution in [2.24, 2.45) is 0 Å². The quantitative estimate of drug-likeness (QED) is 0.808. The van der Waals surface area contributed by atoms with Crippen molar-refractivity contribution >= 4 is 56.5 Å². The van der Waals surface area contributed by atoms with Gasteiger partial charge in [-0.1, -0.05) is 23.2 Å². The molecule has 0 saturated heterocycles. The van der Waals surface area contributed by atoms with Gasteiger partial charge in [0.05, 0.1) is 20.9 Å². The Morgan fingerprint density at radius 3 is 2.63 bits per heavy atom. The van der Waals surface area contributed by atoms with Crippen LogP contribution < -0.4 is 10.6 Å². The van der Waals surface area contributed by atoms with Crippen molar-refractivity contribution in [2.75, 3.05) is 10.6 Å². The van der Waals surface area contributed by atoms with E-state index in [4.69, 9.17) is 23.2 Å². The van der Waals surface area contributed by atoms with Crippen LogP contribution in [0.1, 0.15) is 0 Å². The molecule has 4 nitrogen and oxygen atoms in total. The summed E-state index contributed by atoms with van der Waals surface area (Å²) in [6.45, 7) is 0. The lowest BCUT2D eigenvalue weighted by molar-refractivity contribution is 0.262. The van der Waals surface area contributed by atoms with E-state index in [-0.39, 0.29) is 0 Å². The van der Waals surface area contributed by atoms with E-state index < -0.39 is 6.03 Å². The number of nitrogens with one attached hydrogen (secondary N) is 2. The van der Waals surface area contributed by atoms with Crippen molar-refractivity contribution in [2.45, 2.75) is 0 Å². The Kier molecular flexibility index (Phi) is 4.63. The third-order valence-corrected chi connectivity index (χ3v) is 3.39. The fourth-order valence-corrected chi connectivity index (χ4v) is 2.03. The maximum atomic E-state index is 11.8. The van der Waals surface area contributed by atoms with Crippen LogP contribution in [-0.4, -0.2) is 11.0 Å². The molecule has 2 amide bonds. The van der Waals surface area contributed by atoms with E-state index in [1.807, 2.05) is 0 Å². The molecule has 19 heavy (non-hydrogen) atoms. The highest BCUT2D eigenvalue weighted by Gasteiger charge is 2.08. The van der Waals surface area contributed by atoms with Gasteiger partial charge in [-0.05, 0) is 40.2 Å². The predicted molar refractivity (Wildman–Crippen MR) is 81.0 cm³/mol. The molecule has 98 valence electrons. The van der Waals surface area contributed by atoms with Gasteiger partial charge in [0.1, 0.15) is 0 Å². The molecule has 0 aliphatic heterocycles. The summed E-state index contributed by atoms with van der Waals surface area (Å²) < 4.78 is 0.683. The van der Waals surface area contributed by atoms with E-state index in [1.165, 1.54) is 0 Å². The second-order valence-corrected chi connectivity index (χ2v) is 5.26. The first-order valence-electron chi connectivity index (χ1n) is 5.19. The Hall–Kier alpha value is -1.30. The third-order valence-electron chi connectivity index (χ3n) is 2.20. The van der Waals surface area contributed by atoms with Gasteiger partial charge in [0.25, 0.3) is 0 Å². The van der Waals surface area contributed by atoms with Gasteiger partial charge in [0.2, 0.25) is 0 Å². The Morgan fingerprint density at radius 1 is 1.16 bits per heavy atom. The van der Waals surface area contributed by atoms with Gasteiger partial charge in [0, 0.05) is 17.4 Å². The standard InChI is InChI=1S/C12H8BrCl2N3O/c13-8-6-16-4-3-10(8)17-12(19)18-11-5-7(14)1-2-9(11)15/h1-6H,(H2,16,17,18,19). The summed E-state index contributed by atoms with van der Waals surface area (Å²) in [5.74, 6) is 0. The highest BCUT2D eigenvalue weighted by molar-refractivity contribution is 9.10. The zero-order chi connectivity index (χ0) is 13.8. The molecule has 0 atom stereocenters. The summed E-state index contributed by atoms with van der Waals surface area (Å²) in [5.41, 5.74) is 1.04. The fourth-order valence-electron chi connectivity index (χ4n) is 1.35. The van der Waals surface area contributed by atoms with Gasteiger partial charge in [-0.2, -0.15) is 0 Å². The molecule has 2 rings (SSSR count). The Morgan fingerprint density at radius 2 is 1.89 bits per heavy atom. The first-order chi connectivity index (χ1) is 9.06. The normalized spacial score (nSPS) is 10.1. The van der Waals surface area contributed by atoms with Crippen molar-refractivity contribution in [1.82, 2.24) is 4.98 Å². The van der Waals surface area contributed by atoms with E-state index in [2.05, 4.69) is 31.5 Å². The number of anilines is 2. The minimum Gasteiger partial charge on any atom is -0.306 e. The zero-order valence-electron chi connectivity index (χ0n) is 9.45. The van der Waals surface area contributed by atoms with Crippen LogP contribution in [0.25, 0.3) is 0 Å². The summed E-state index contributed by atoms with van der Waals surface area (Å²) in [6, 6.07) is 6.08. The van der Waals surface area contributed by atoms with E-state index >= 15 is 0 Å². The van der Waals surface area contributed by atoms with Gasteiger partial charge in [0.15, 0.2) is 0 Å². The number of nitrogens with zero attached hydrogens (tertiary/aromatic N) is 1. The van der Waals surface area contributed by atoms with Crippen LogP contribution in [0, 0.1) is 0 Å². The van der Waals surface area contributed by atoms with Crippen LogP contribution in [0.15, 0.2) is 41.1 Å². The minimum absolute atomic E-state index is 0.411. The maximum Gasteiger partial charge on any atom is 0.323 e. The molecule has 0 aliphatic rings. The number of hydrogen-bond acceptors (Lipinski definition) is 2. The summed E-state index contributed by atoms with van der Waals surface area (Å²) in [5, 5.41) is 6.19. The Labute approximate surface area is 128 Å². The average molecular weight is 361 g/mol. The van der Waals surface area contributed by atoms with Crippen LogP contribution in [0.3, 0.4) is 0 Å². The second kappa shape index (κ2) is 6.23. The molecule has 0 bridgehead atoms. The molecule has 0 aliphatic carbocycles. The molecule has 1 aromatic carbocycles. The molecular weight excluding hydrogens is 353 g/mol. The summed E-state index contributed by atoms with van der Waals surface area (Å²) in [6.07, 6.45) is 3.16. The first kappa shape index (κ1) is 14.1. The van der Waals surface area contributed by atoms with Crippen molar-refractivity contribution in [3.05, 3.63) is 51.2 Å². The van der Waals surface area contributed by atoms with E-state index in [9.17, 15) is 4.79 Å². The molecule has 7 heteroatoms. The summed E-state index contributed by atoms with van der Waals surface area (Å²) in [7, 11) is 0. The van der Waals surface area contributed by atoms with Crippen LogP contribution >= 0.6 is 39.1 Å². The van der Waals surface area contributed by atoms with Gasteiger partial charge in [-0.25, -0.2) is 4.79 Å². The van der Waals surface area contributed by atoms with Gasteiger partial charge < -0.3 is 10.6 Å². The lowest BCUT2D eigenvalue weighted by atomic mass is 10.3. The number of carbonyl (C=O) groups is 1. The number of amides is 2. The highest BCUT2D eigenvalue weighted by atomic mass is 79.9. The van der Waals surface area contributed by atoms with Crippen LogP contribution in [0.4, 0.5) is 16.2 Å². The van der Waals surface area contributed by atoms with E-state index in [0.29, 0.717) is 25.9 Å². The number of pyridine rings is 1. The number of hydrogen-bond donors (Lipinski definition) is 2. The van der Waals surface area contributed by atoms with Crippen LogP contribution in [-0.2, 0) is 0 Å². The molecule has 0 saturated carbocycles. The molecule has 1 heterocycles. The molecule has 0 fully saturated rings. The molecular formula is C12H8BrCl2N3O. The fraction of sp³-hybridized carbons (Fsp3) is 0. The Bertz CT molecular complexity index is 622. The Balaban J connectivity index is 2.10. The van der Waals surface area contributed by atoms with Crippen LogP contribution in [0.5, 0.6) is 0 Å². The lowest BCUT2D eigenvalue weighted by Gasteiger charge is -2.10. The van der Waals surface area contributed by atoms with Crippen molar-refractivity contribution in [3.63, 3.8) is 0 Å². The van der Waals surface area contributed by atoms with E-state index in [0.717, 1.165) is 0 Å². The third kappa shape index (κ3) is 3.83. The van der Waals surface area contributed by atoms with Crippen molar-refractivity contribution in [1.29, 1.82) is 0 Å². The zero-order valence-corrected chi connectivity index (χ0v) is 12.6. The largest absolute Gasteiger partial charge is 0.323 e. The van der Waals surface area contributed by atoms with Crippen molar-refractivity contribution < 1.29 is 4.79 Å². The van der Waals surface area contributed by atoms with E-state index in [1.54, 1.807) is 36.7 Å². The molecule has 1 aromatic heterocycles. The average Bonchev–Trinajstić information content (AvgIpc) is 2.37. The van der Waals surface area contributed by atoms with Crippen LogP contribution in [0.2, 0.25) is 10.0 Å². The van der Waals surface area contributed by atoms with Gasteiger partial charge in [-0.3, -0.25) is 4.98 Å². The molecule has 0 spiro atoms. The molecule has 2 aromatic rings. The number of halogens is 3. The number of benzene rings is 1. The molecule has 2 N–H and O–H groups in total. The summed E-state index contributed by atoms with van der Waals surface area (Å²) in [4.78, 5) is 15.7. The van der Waals surface area contributed by atoms with Gasteiger partial charge >= 0.3 is 6.03 Å². The first-order valence-corrected chi connectivity index (χ1v) is 6.74. The number of aromatic nitrogens is 1. The lowest BCUT2D eigenvalue weighted by Crippen LogP contribution is -2.19.